The normalized spacial score (nSPS) is 15.8. The van der Waals surface area contributed by atoms with E-state index in [1.807, 2.05) is 0 Å². The van der Waals surface area contributed by atoms with Crippen LogP contribution in [0.15, 0.2) is 34.2 Å². The van der Waals surface area contributed by atoms with Crippen LogP contribution in [0, 0.1) is 22.7 Å². The third-order valence-electron chi connectivity index (χ3n) is 2.59. The molecule has 0 aliphatic heterocycles. The summed E-state index contributed by atoms with van der Waals surface area (Å²) >= 11 is 1.25. The maximum Gasteiger partial charge on any atom is 0.414 e. The fourth-order valence-corrected chi connectivity index (χ4v) is 2.58. The van der Waals surface area contributed by atoms with Gasteiger partial charge in [-0.3, -0.25) is 0 Å². The summed E-state index contributed by atoms with van der Waals surface area (Å²) in [6.07, 6.45) is -4.98. The molecule has 0 bridgehead atoms. The van der Waals surface area contributed by atoms with Crippen LogP contribution in [0.2, 0.25) is 0 Å². The van der Waals surface area contributed by atoms with E-state index < -0.39 is 23.7 Å². The van der Waals surface area contributed by atoms with Crippen molar-refractivity contribution in [2.75, 3.05) is 0 Å². The summed E-state index contributed by atoms with van der Waals surface area (Å²) in [5.41, 5.74) is -1.35. The Morgan fingerprint density at radius 2 is 1.83 bits per heavy atom. The van der Waals surface area contributed by atoms with Gasteiger partial charge in [-0.2, -0.15) is 23.7 Å². The van der Waals surface area contributed by atoms with E-state index in [1.165, 1.54) is 17.4 Å². The number of hydrogen-bond donors (Lipinski definition) is 0. The smallest absolute Gasteiger partial charge is 0.192 e. The van der Waals surface area contributed by atoms with Gasteiger partial charge in [-0.15, -0.1) is 11.3 Å². The molecule has 1 heterocycles. The molecule has 0 saturated heterocycles. The standard InChI is InChI=1S/C12H5F3N2S/c13-12(14,15)10-4-7(11-2-1-3-18-11)8(5-16)9(10)6-17/h1-3H,4H2. The zero-order chi connectivity index (χ0) is 13.3. The summed E-state index contributed by atoms with van der Waals surface area (Å²) in [7, 11) is 0. The number of nitrogens with zero attached hydrogens (tertiary/aromatic N) is 2. The van der Waals surface area contributed by atoms with Crippen LogP contribution in [0.1, 0.15) is 11.3 Å². The van der Waals surface area contributed by atoms with E-state index in [2.05, 4.69) is 0 Å². The summed E-state index contributed by atoms with van der Waals surface area (Å²) in [6, 6.07) is 6.55. The molecular formula is C12H5F3N2S. The molecular weight excluding hydrogens is 261 g/mol. The van der Waals surface area contributed by atoms with Gasteiger partial charge in [-0.25, -0.2) is 0 Å². The Morgan fingerprint density at radius 1 is 1.17 bits per heavy atom. The molecule has 1 aliphatic carbocycles. The summed E-state index contributed by atoms with van der Waals surface area (Å²) in [5, 5.41) is 19.5. The van der Waals surface area contributed by atoms with Crippen molar-refractivity contribution in [3.8, 4) is 12.1 Å². The molecule has 0 fully saturated rings. The summed E-state index contributed by atoms with van der Waals surface area (Å²) in [5.74, 6) is 0. The molecule has 0 N–H and O–H groups in total. The average molecular weight is 266 g/mol. The molecule has 0 unspecified atom stereocenters. The van der Waals surface area contributed by atoms with E-state index in [1.54, 1.807) is 23.6 Å². The number of thiophene rings is 1. The van der Waals surface area contributed by atoms with Crippen molar-refractivity contribution < 1.29 is 13.2 Å². The first-order chi connectivity index (χ1) is 8.49. The largest absolute Gasteiger partial charge is 0.414 e. The molecule has 90 valence electrons. The Labute approximate surface area is 105 Å². The van der Waals surface area contributed by atoms with Crippen LogP contribution in [-0.2, 0) is 0 Å². The summed E-state index contributed by atoms with van der Waals surface area (Å²) in [4.78, 5) is 0.596. The molecule has 0 amide bonds. The van der Waals surface area contributed by atoms with Gasteiger partial charge in [0.05, 0.1) is 16.7 Å². The number of rotatable bonds is 1. The summed E-state index contributed by atoms with van der Waals surface area (Å²) < 4.78 is 38.3. The van der Waals surface area contributed by atoms with Crippen LogP contribution in [-0.4, -0.2) is 6.18 Å². The van der Waals surface area contributed by atoms with Gasteiger partial charge in [0.1, 0.15) is 12.1 Å². The number of nitriles is 2. The van der Waals surface area contributed by atoms with Crippen LogP contribution in [0.5, 0.6) is 0 Å². The maximum absolute atomic E-state index is 12.8. The maximum atomic E-state index is 12.8. The molecule has 1 aromatic rings. The zero-order valence-corrected chi connectivity index (χ0v) is 9.69. The lowest BCUT2D eigenvalue weighted by atomic mass is 10.1. The van der Waals surface area contributed by atoms with Crippen molar-refractivity contribution in [2.45, 2.75) is 12.6 Å². The second-order valence-electron chi connectivity index (χ2n) is 3.58. The van der Waals surface area contributed by atoms with Crippen LogP contribution in [0.3, 0.4) is 0 Å². The first-order valence-corrected chi connectivity index (χ1v) is 5.75. The lowest BCUT2D eigenvalue weighted by Crippen LogP contribution is -2.12. The topological polar surface area (TPSA) is 47.6 Å². The minimum Gasteiger partial charge on any atom is -0.192 e. The molecule has 6 heteroatoms. The van der Waals surface area contributed by atoms with Gasteiger partial charge in [0.15, 0.2) is 0 Å². The van der Waals surface area contributed by atoms with Gasteiger partial charge in [-0.1, -0.05) is 6.07 Å². The van der Waals surface area contributed by atoms with Gasteiger partial charge in [0.25, 0.3) is 0 Å². The molecule has 2 rings (SSSR count). The van der Waals surface area contributed by atoms with Crippen LogP contribution >= 0.6 is 11.3 Å². The minimum absolute atomic E-state index is 0.160. The van der Waals surface area contributed by atoms with Crippen molar-refractivity contribution in [3.63, 3.8) is 0 Å². The first-order valence-electron chi connectivity index (χ1n) is 4.87. The Morgan fingerprint density at radius 3 is 2.28 bits per heavy atom. The third-order valence-corrected chi connectivity index (χ3v) is 3.52. The van der Waals surface area contributed by atoms with Gasteiger partial charge < -0.3 is 0 Å². The highest BCUT2D eigenvalue weighted by molar-refractivity contribution is 7.11. The molecule has 1 aliphatic rings. The van der Waals surface area contributed by atoms with E-state index >= 15 is 0 Å². The van der Waals surface area contributed by atoms with Gasteiger partial charge in [0, 0.05) is 11.3 Å². The number of halogens is 3. The highest BCUT2D eigenvalue weighted by Gasteiger charge is 2.42. The Balaban J connectivity index is 2.57. The van der Waals surface area contributed by atoms with E-state index in [-0.39, 0.29) is 11.1 Å². The third kappa shape index (κ3) is 1.92. The number of alkyl halides is 3. The van der Waals surface area contributed by atoms with Crippen molar-refractivity contribution in [1.82, 2.24) is 0 Å². The van der Waals surface area contributed by atoms with Crippen molar-refractivity contribution in [1.29, 1.82) is 10.5 Å². The monoisotopic (exact) mass is 266 g/mol. The van der Waals surface area contributed by atoms with Crippen molar-refractivity contribution in [2.24, 2.45) is 0 Å². The number of allylic oxidation sites excluding steroid dienone is 4. The van der Waals surface area contributed by atoms with Crippen molar-refractivity contribution >= 4 is 16.9 Å². The van der Waals surface area contributed by atoms with Gasteiger partial charge in [-0.05, 0) is 17.0 Å². The quantitative estimate of drug-likeness (QED) is 0.775. The van der Waals surface area contributed by atoms with Gasteiger partial charge >= 0.3 is 6.18 Å². The first kappa shape index (κ1) is 12.4. The second-order valence-corrected chi connectivity index (χ2v) is 4.53. The Hall–Kier alpha value is -2.05. The molecule has 2 nitrogen and oxygen atoms in total. The lowest BCUT2D eigenvalue weighted by Gasteiger charge is -2.08. The molecule has 0 atom stereocenters. The zero-order valence-electron chi connectivity index (χ0n) is 8.88. The average Bonchev–Trinajstić information content (AvgIpc) is 2.93. The fraction of sp³-hybridized carbons (Fsp3) is 0.167. The van der Waals surface area contributed by atoms with Crippen LogP contribution in [0.4, 0.5) is 13.2 Å². The van der Waals surface area contributed by atoms with E-state index in [9.17, 15) is 13.2 Å². The lowest BCUT2D eigenvalue weighted by molar-refractivity contribution is -0.0927. The fourth-order valence-electron chi connectivity index (χ4n) is 1.80. The SMILES string of the molecule is N#CC1=C(c2cccs2)CC(C(F)(F)F)=C1C#N. The van der Waals surface area contributed by atoms with E-state index in [0.29, 0.717) is 4.88 Å². The van der Waals surface area contributed by atoms with E-state index in [4.69, 9.17) is 10.5 Å². The Kier molecular flexibility index (Phi) is 2.98. The minimum atomic E-state index is -4.58. The summed E-state index contributed by atoms with van der Waals surface area (Å²) in [6.45, 7) is 0. The molecule has 0 spiro atoms. The number of hydrogen-bond acceptors (Lipinski definition) is 3. The second kappa shape index (κ2) is 4.32. The van der Waals surface area contributed by atoms with E-state index in [0.717, 1.165) is 0 Å². The van der Waals surface area contributed by atoms with Crippen LogP contribution < -0.4 is 0 Å². The predicted molar refractivity (Wildman–Crippen MR) is 60.2 cm³/mol. The molecule has 0 radical (unpaired) electrons. The van der Waals surface area contributed by atoms with Crippen molar-refractivity contribution in [3.05, 3.63) is 39.1 Å². The molecule has 18 heavy (non-hydrogen) atoms. The Bertz CT molecular complexity index is 622. The molecule has 0 saturated carbocycles. The molecule has 1 aromatic heterocycles. The predicted octanol–water partition coefficient (Wildman–Crippen LogP) is 3.81. The van der Waals surface area contributed by atoms with Crippen LogP contribution in [0.25, 0.3) is 5.57 Å². The highest BCUT2D eigenvalue weighted by Crippen LogP contribution is 2.45. The molecule has 0 aromatic carbocycles. The van der Waals surface area contributed by atoms with Gasteiger partial charge in [0.2, 0.25) is 0 Å². The highest BCUT2D eigenvalue weighted by atomic mass is 32.1.